The molecule has 1 heterocycles. The SMILES string of the molecule is CCCCCCC(=O)O[C@@H](COc1ccc(CC2SC(=O)CC2=O)cc1)c1cccc(OC)c1. The number of esters is 1. The number of hydrogen-bond acceptors (Lipinski definition) is 7. The van der Waals surface area contributed by atoms with Gasteiger partial charge in [0.2, 0.25) is 0 Å². The fourth-order valence-electron chi connectivity index (χ4n) is 3.74. The van der Waals surface area contributed by atoms with Crippen molar-refractivity contribution < 1.29 is 28.6 Å². The Bertz CT molecular complexity index is 971. The summed E-state index contributed by atoms with van der Waals surface area (Å²) in [6, 6.07) is 14.9. The molecule has 7 heteroatoms. The Balaban J connectivity index is 1.60. The van der Waals surface area contributed by atoms with Gasteiger partial charge in [-0.2, -0.15) is 0 Å². The molecule has 0 radical (unpaired) electrons. The molecule has 3 rings (SSSR count). The molecule has 1 aliphatic heterocycles. The van der Waals surface area contributed by atoms with Crippen molar-refractivity contribution in [3.63, 3.8) is 0 Å². The lowest BCUT2D eigenvalue weighted by Crippen LogP contribution is -2.18. The average molecular weight is 485 g/mol. The Morgan fingerprint density at radius 2 is 1.85 bits per heavy atom. The van der Waals surface area contributed by atoms with Crippen LogP contribution in [0.5, 0.6) is 11.5 Å². The van der Waals surface area contributed by atoms with Gasteiger partial charge in [0.05, 0.1) is 18.8 Å². The zero-order chi connectivity index (χ0) is 24.3. The second-order valence-electron chi connectivity index (χ2n) is 8.35. The molecule has 1 saturated heterocycles. The van der Waals surface area contributed by atoms with Crippen molar-refractivity contribution in [2.75, 3.05) is 13.7 Å². The minimum absolute atomic E-state index is 0.00651. The van der Waals surface area contributed by atoms with Gasteiger partial charge in [-0.25, -0.2) is 0 Å². The highest BCUT2D eigenvalue weighted by molar-refractivity contribution is 8.15. The van der Waals surface area contributed by atoms with Crippen molar-refractivity contribution in [1.29, 1.82) is 0 Å². The fraction of sp³-hybridized carbons (Fsp3) is 0.444. The van der Waals surface area contributed by atoms with Crippen LogP contribution in [-0.2, 0) is 25.5 Å². The summed E-state index contributed by atoms with van der Waals surface area (Å²) in [5.41, 5.74) is 1.77. The van der Waals surface area contributed by atoms with Gasteiger partial charge in [-0.3, -0.25) is 14.4 Å². The Morgan fingerprint density at radius 1 is 1.06 bits per heavy atom. The van der Waals surface area contributed by atoms with Crippen molar-refractivity contribution in [2.24, 2.45) is 0 Å². The number of ketones is 1. The smallest absolute Gasteiger partial charge is 0.306 e. The van der Waals surface area contributed by atoms with Crippen molar-refractivity contribution in [3.8, 4) is 11.5 Å². The quantitative estimate of drug-likeness (QED) is 0.212. The Labute approximate surface area is 205 Å². The number of hydrogen-bond donors (Lipinski definition) is 0. The van der Waals surface area contributed by atoms with Crippen molar-refractivity contribution in [2.45, 2.75) is 63.2 Å². The van der Waals surface area contributed by atoms with Gasteiger partial charge in [-0.1, -0.05) is 62.2 Å². The van der Waals surface area contributed by atoms with E-state index in [1.807, 2.05) is 48.5 Å². The monoisotopic (exact) mass is 484 g/mol. The van der Waals surface area contributed by atoms with Crippen LogP contribution in [-0.4, -0.2) is 35.8 Å². The molecule has 0 saturated carbocycles. The number of carbonyl (C=O) groups is 3. The summed E-state index contributed by atoms with van der Waals surface area (Å²) in [6.45, 7) is 2.30. The van der Waals surface area contributed by atoms with Crippen LogP contribution < -0.4 is 9.47 Å². The molecule has 2 atom stereocenters. The minimum Gasteiger partial charge on any atom is -0.497 e. The van der Waals surface area contributed by atoms with Crippen LogP contribution in [0.15, 0.2) is 48.5 Å². The molecule has 1 unspecified atom stereocenters. The van der Waals surface area contributed by atoms with Gasteiger partial charge >= 0.3 is 5.97 Å². The Kier molecular flexibility index (Phi) is 10.0. The van der Waals surface area contributed by atoms with Gasteiger partial charge in [-0.15, -0.1) is 0 Å². The van der Waals surface area contributed by atoms with E-state index >= 15 is 0 Å². The second kappa shape index (κ2) is 13.2. The van der Waals surface area contributed by atoms with E-state index in [4.69, 9.17) is 14.2 Å². The third-order valence-electron chi connectivity index (χ3n) is 5.67. The van der Waals surface area contributed by atoms with E-state index in [2.05, 4.69) is 6.92 Å². The van der Waals surface area contributed by atoms with E-state index in [0.717, 1.165) is 48.6 Å². The fourth-order valence-corrected chi connectivity index (χ4v) is 4.77. The maximum Gasteiger partial charge on any atom is 0.306 e. The summed E-state index contributed by atoms with van der Waals surface area (Å²) in [5.74, 6) is 1.07. The zero-order valence-corrected chi connectivity index (χ0v) is 20.6. The number of ether oxygens (including phenoxy) is 3. The molecule has 0 aliphatic carbocycles. The molecular formula is C27H32O6S. The van der Waals surface area contributed by atoms with Crippen LogP contribution in [0.4, 0.5) is 0 Å². The molecule has 1 fully saturated rings. The average Bonchev–Trinajstić information content (AvgIpc) is 3.16. The highest BCUT2D eigenvalue weighted by Crippen LogP contribution is 2.29. The van der Waals surface area contributed by atoms with Crippen LogP contribution in [0.25, 0.3) is 0 Å². The largest absolute Gasteiger partial charge is 0.497 e. The lowest BCUT2D eigenvalue weighted by Gasteiger charge is -2.20. The van der Waals surface area contributed by atoms with E-state index in [1.54, 1.807) is 7.11 Å². The molecule has 2 aromatic carbocycles. The van der Waals surface area contributed by atoms with E-state index in [9.17, 15) is 14.4 Å². The molecule has 34 heavy (non-hydrogen) atoms. The van der Waals surface area contributed by atoms with Crippen LogP contribution in [0.1, 0.15) is 62.7 Å². The van der Waals surface area contributed by atoms with E-state index < -0.39 is 6.10 Å². The lowest BCUT2D eigenvalue weighted by molar-refractivity contribution is -0.151. The van der Waals surface area contributed by atoms with Gasteiger partial charge in [0, 0.05) is 6.42 Å². The molecule has 2 aromatic rings. The van der Waals surface area contributed by atoms with Crippen LogP contribution in [0.2, 0.25) is 0 Å². The summed E-state index contributed by atoms with van der Waals surface area (Å²) in [6.07, 6.45) is 4.42. The maximum absolute atomic E-state index is 12.5. The van der Waals surface area contributed by atoms with E-state index in [0.29, 0.717) is 24.3 Å². The van der Waals surface area contributed by atoms with Crippen molar-refractivity contribution >= 4 is 28.6 Å². The molecule has 6 nitrogen and oxygen atoms in total. The number of thioether (sulfide) groups is 1. The summed E-state index contributed by atoms with van der Waals surface area (Å²) >= 11 is 1.12. The van der Waals surface area contributed by atoms with E-state index in [1.165, 1.54) is 0 Å². The van der Waals surface area contributed by atoms with Crippen LogP contribution in [0, 0.1) is 0 Å². The molecule has 0 bridgehead atoms. The molecule has 182 valence electrons. The number of rotatable bonds is 13. The number of Topliss-reactive ketones (excluding diaryl/α,β-unsaturated/α-hetero) is 1. The zero-order valence-electron chi connectivity index (χ0n) is 19.8. The minimum atomic E-state index is -0.563. The third kappa shape index (κ3) is 7.90. The first kappa shape index (κ1) is 25.8. The molecule has 0 spiro atoms. The van der Waals surface area contributed by atoms with Gasteiger partial charge < -0.3 is 14.2 Å². The number of methoxy groups -OCH3 is 1. The number of carbonyl (C=O) groups excluding carboxylic acids is 3. The number of unbranched alkanes of at least 4 members (excludes halogenated alkanes) is 3. The highest BCUT2D eigenvalue weighted by Gasteiger charge is 2.31. The first-order chi connectivity index (χ1) is 16.5. The first-order valence-electron chi connectivity index (χ1n) is 11.8. The Hall–Kier alpha value is -2.80. The van der Waals surface area contributed by atoms with Crippen LogP contribution >= 0.6 is 11.8 Å². The number of benzene rings is 2. The summed E-state index contributed by atoms with van der Waals surface area (Å²) < 4.78 is 17.1. The Morgan fingerprint density at radius 3 is 2.53 bits per heavy atom. The molecular weight excluding hydrogens is 452 g/mol. The standard InChI is InChI=1S/C27H32O6S/c1-3-4-5-6-10-26(29)33-24(20-8-7-9-22(16-20)31-2)18-32-21-13-11-19(12-14-21)15-25-23(28)17-27(30)34-25/h7-9,11-14,16,24-25H,3-6,10,15,17-18H2,1-2H3/t24-,25?/m0/s1. The molecule has 1 aliphatic rings. The molecule has 0 aromatic heterocycles. The molecule has 0 N–H and O–H groups in total. The predicted octanol–water partition coefficient (Wildman–Crippen LogP) is 5.47. The van der Waals surface area contributed by atoms with Gasteiger partial charge in [-0.05, 0) is 48.2 Å². The predicted molar refractivity (Wildman–Crippen MR) is 132 cm³/mol. The summed E-state index contributed by atoms with van der Waals surface area (Å²) in [5, 5.41) is -0.355. The maximum atomic E-state index is 12.5. The van der Waals surface area contributed by atoms with Crippen LogP contribution in [0.3, 0.4) is 0 Å². The summed E-state index contributed by atoms with van der Waals surface area (Å²) in [7, 11) is 1.60. The normalized spacial score (nSPS) is 16.4. The van der Waals surface area contributed by atoms with Gasteiger partial charge in [0.1, 0.15) is 18.1 Å². The second-order valence-corrected chi connectivity index (χ2v) is 9.61. The highest BCUT2D eigenvalue weighted by atomic mass is 32.2. The topological polar surface area (TPSA) is 78.9 Å². The van der Waals surface area contributed by atoms with Gasteiger partial charge in [0.15, 0.2) is 17.0 Å². The first-order valence-corrected chi connectivity index (χ1v) is 12.6. The summed E-state index contributed by atoms with van der Waals surface area (Å²) in [4.78, 5) is 35.8. The third-order valence-corrected chi connectivity index (χ3v) is 6.79. The van der Waals surface area contributed by atoms with Crippen molar-refractivity contribution in [1.82, 2.24) is 0 Å². The van der Waals surface area contributed by atoms with Gasteiger partial charge in [0.25, 0.3) is 0 Å². The molecule has 0 amide bonds. The van der Waals surface area contributed by atoms with E-state index in [-0.39, 0.29) is 35.1 Å². The van der Waals surface area contributed by atoms with Crippen molar-refractivity contribution in [3.05, 3.63) is 59.7 Å². The lowest BCUT2D eigenvalue weighted by atomic mass is 10.1.